The molecule has 5 N–H and O–H groups in total. The molecule has 0 saturated carbocycles. The van der Waals surface area contributed by atoms with Crippen LogP contribution in [0.3, 0.4) is 0 Å². The third-order valence-electron chi connectivity index (χ3n) is 3.24. The first kappa shape index (κ1) is 20.4. The molecule has 0 bridgehead atoms. The lowest BCUT2D eigenvalue weighted by Crippen LogP contribution is -2.54. The van der Waals surface area contributed by atoms with E-state index in [1.54, 1.807) is 4.90 Å². The van der Waals surface area contributed by atoms with Crippen molar-refractivity contribution >= 4 is 27.7 Å². The zero-order valence-corrected chi connectivity index (χ0v) is 15.2. The molecule has 0 fully saturated rings. The summed E-state index contributed by atoms with van der Waals surface area (Å²) in [6.07, 6.45) is 0.387. The zero-order valence-electron chi connectivity index (χ0n) is 14.3. The monoisotopic (exact) mass is 366 g/mol. The lowest BCUT2D eigenvalue weighted by molar-refractivity contribution is 0.484. The zero-order chi connectivity index (χ0) is 19.3. The van der Waals surface area contributed by atoms with Crippen LogP contribution < -0.4 is 16.4 Å². The molecular weight excluding hydrogens is 344 g/mol. The van der Waals surface area contributed by atoms with Crippen molar-refractivity contribution in [3.63, 3.8) is 0 Å². The summed E-state index contributed by atoms with van der Waals surface area (Å²) in [4.78, 5) is 10.1. The Labute approximate surface area is 147 Å². The fourth-order valence-corrected chi connectivity index (χ4v) is 2.11. The van der Waals surface area contributed by atoms with Gasteiger partial charge in [0.1, 0.15) is 5.66 Å². The maximum absolute atomic E-state index is 9.56. The minimum atomic E-state index is -3.66. The van der Waals surface area contributed by atoms with Crippen molar-refractivity contribution in [2.24, 2.45) is 21.5 Å². The van der Waals surface area contributed by atoms with E-state index in [4.69, 9.17) is 21.3 Å². The molecule has 0 saturated heterocycles. The van der Waals surface area contributed by atoms with E-state index in [2.05, 4.69) is 16.1 Å². The number of guanidine groups is 2. The van der Waals surface area contributed by atoms with Gasteiger partial charge in [-0.25, -0.2) is 4.99 Å². The van der Waals surface area contributed by atoms with Gasteiger partial charge in [-0.3, -0.25) is 9.45 Å². The number of benzene rings is 1. The Morgan fingerprint density at radius 1 is 1.28 bits per heavy atom. The third-order valence-corrected chi connectivity index (χ3v) is 3.97. The second-order valence-electron chi connectivity index (χ2n) is 5.64. The van der Waals surface area contributed by atoms with Gasteiger partial charge in [-0.05, 0) is 38.5 Å². The Bertz CT molecular complexity index is 807. The van der Waals surface area contributed by atoms with Gasteiger partial charge in [0.25, 0.3) is 10.1 Å². The van der Waals surface area contributed by atoms with E-state index in [9.17, 15) is 8.42 Å². The molecule has 1 aromatic rings. The summed E-state index contributed by atoms with van der Waals surface area (Å²) in [5, 5.41) is 8.66. The molecule has 1 aromatic carbocycles. The Hall–Kier alpha value is -2.64. The lowest BCUT2D eigenvalue weighted by Gasteiger charge is -2.38. The van der Waals surface area contributed by atoms with E-state index >= 15 is 0 Å². The topological polar surface area (TPSA) is 158 Å². The Morgan fingerprint density at radius 2 is 1.80 bits per heavy atom. The Morgan fingerprint density at radius 3 is 2.20 bits per heavy atom. The molecule has 136 valence electrons. The number of nitriles is 1. The Kier molecular flexibility index (Phi) is 6.49. The second-order valence-corrected chi connectivity index (χ2v) is 7.38. The van der Waals surface area contributed by atoms with E-state index in [1.807, 2.05) is 38.1 Å². The van der Waals surface area contributed by atoms with Crippen LogP contribution in [-0.2, 0) is 16.5 Å². The van der Waals surface area contributed by atoms with Crippen molar-refractivity contribution in [3.8, 4) is 6.07 Å². The molecule has 0 aromatic heterocycles. The fourth-order valence-electron chi connectivity index (χ4n) is 2.11. The maximum atomic E-state index is 9.56. The van der Waals surface area contributed by atoms with Crippen LogP contribution in [-0.4, -0.2) is 36.3 Å². The number of rotatable bonds is 3. The minimum absolute atomic E-state index is 0.180. The number of aliphatic imine (C=N–C) groups is 2. The van der Waals surface area contributed by atoms with Crippen LogP contribution in [0.25, 0.3) is 0 Å². The van der Waals surface area contributed by atoms with Gasteiger partial charge in [-0.1, -0.05) is 12.1 Å². The number of nitrogens with zero attached hydrogens (tertiary/aromatic N) is 4. The molecule has 10 heteroatoms. The quantitative estimate of drug-likeness (QED) is 0.668. The highest BCUT2D eigenvalue weighted by atomic mass is 32.2. The average Bonchev–Trinajstić information content (AvgIpc) is 2.47. The summed E-state index contributed by atoms with van der Waals surface area (Å²) in [7, 11) is -3.66. The molecule has 0 radical (unpaired) electrons. The van der Waals surface area contributed by atoms with Crippen LogP contribution in [0.15, 0.2) is 34.3 Å². The van der Waals surface area contributed by atoms with Gasteiger partial charge >= 0.3 is 0 Å². The highest BCUT2D eigenvalue weighted by Crippen LogP contribution is 2.27. The Balaban J connectivity index is 0.000000450. The van der Waals surface area contributed by atoms with Crippen LogP contribution in [0.5, 0.6) is 0 Å². The molecule has 9 nitrogen and oxygen atoms in total. The van der Waals surface area contributed by atoms with Crippen LogP contribution in [0, 0.1) is 11.3 Å². The SMILES string of the molecule is CC1(C)N=C(N)N=C(N)N1c1ccc(CC#N)cc1.CCS(=O)(=O)O. The normalized spacial score (nSPS) is 16.0. The average molecular weight is 366 g/mol. The van der Waals surface area contributed by atoms with Gasteiger partial charge in [-0.2, -0.15) is 18.7 Å². The largest absolute Gasteiger partial charge is 0.369 e. The molecule has 25 heavy (non-hydrogen) atoms. The van der Waals surface area contributed by atoms with E-state index in [0.29, 0.717) is 12.4 Å². The maximum Gasteiger partial charge on any atom is 0.264 e. The van der Waals surface area contributed by atoms with Crippen LogP contribution in [0.1, 0.15) is 26.3 Å². The predicted molar refractivity (Wildman–Crippen MR) is 97.7 cm³/mol. The number of nitrogens with two attached hydrogens (primary N) is 2. The van der Waals surface area contributed by atoms with Crippen LogP contribution in [0.4, 0.5) is 5.69 Å². The first-order valence-corrected chi connectivity index (χ1v) is 9.02. The number of hydrogen-bond acceptors (Lipinski definition) is 8. The molecule has 0 spiro atoms. The van der Waals surface area contributed by atoms with E-state index in [0.717, 1.165) is 11.3 Å². The van der Waals surface area contributed by atoms with Gasteiger partial charge < -0.3 is 11.5 Å². The summed E-state index contributed by atoms with van der Waals surface area (Å²) < 4.78 is 26.9. The predicted octanol–water partition coefficient (Wildman–Crippen LogP) is 0.832. The van der Waals surface area contributed by atoms with E-state index in [-0.39, 0.29) is 11.7 Å². The van der Waals surface area contributed by atoms with Crippen LogP contribution in [0.2, 0.25) is 0 Å². The summed E-state index contributed by atoms with van der Waals surface area (Å²) in [5.74, 6) is 0.290. The van der Waals surface area contributed by atoms with Gasteiger partial charge in [0.15, 0.2) is 0 Å². The first-order valence-electron chi connectivity index (χ1n) is 7.41. The summed E-state index contributed by atoms with van der Waals surface area (Å²) in [6, 6.07) is 9.69. The first-order chi connectivity index (χ1) is 11.5. The molecule has 0 unspecified atom stereocenters. The highest BCUT2D eigenvalue weighted by molar-refractivity contribution is 7.85. The molecular formula is C15H22N6O3S. The summed E-state index contributed by atoms with van der Waals surface area (Å²) in [6.45, 7) is 5.19. The molecule has 1 heterocycles. The van der Waals surface area contributed by atoms with Crippen LogP contribution >= 0.6 is 0 Å². The minimum Gasteiger partial charge on any atom is -0.369 e. The molecule has 0 atom stereocenters. The van der Waals surface area contributed by atoms with Crippen molar-refractivity contribution in [2.75, 3.05) is 10.7 Å². The third kappa shape index (κ3) is 6.06. The fraction of sp³-hybridized carbons (Fsp3) is 0.400. The van der Waals surface area contributed by atoms with E-state index in [1.165, 1.54) is 6.92 Å². The van der Waals surface area contributed by atoms with Gasteiger partial charge in [0, 0.05) is 5.69 Å². The summed E-state index contributed by atoms with van der Waals surface area (Å²) in [5.41, 5.74) is 12.8. The standard InChI is InChI=1S/C13H16N6.C2H6O3S/c1-13(2)18-11(15)17-12(16)19(13)10-5-3-9(4-6-10)7-8-14;1-2-6(3,4)5/h3-6H,7H2,1-2H3,(H4,15,16,17,18);2H2,1H3,(H,3,4,5). The van der Waals surface area contributed by atoms with E-state index < -0.39 is 15.8 Å². The smallest absolute Gasteiger partial charge is 0.264 e. The second kappa shape index (κ2) is 7.96. The molecule has 1 aliphatic heterocycles. The van der Waals surface area contributed by atoms with Gasteiger partial charge in [0.05, 0.1) is 18.2 Å². The van der Waals surface area contributed by atoms with Crippen molar-refractivity contribution in [1.82, 2.24) is 0 Å². The number of hydrogen-bond donors (Lipinski definition) is 3. The lowest BCUT2D eigenvalue weighted by atomic mass is 10.1. The molecule has 0 aliphatic carbocycles. The van der Waals surface area contributed by atoms with Gasteiger partial charge in [-0.15, -0.1) is 0 Å². The summed E-state index contributed by atoms with van der Waals surface area (Å²) >= 11 is 0. The number of anilines is 1. The molecule has 1 aliphatic rings. The highest BCUT2D eigenvalue weighted by Gasteiger charge is 2.32. The van der Waals surface area contributed by atoms with Crippen molar-refractivity contribution in [2.45, 2.75) is 32.9 Å². The van der Waals surface area contributed by atoms with Gasteiger partial charge in [0.2, 0.25) is 11.9 Å². The van der Waals surface area contributed by atoms with Crippen molar-refractivity contribution < 1.29 is 13.0 Å². The van der Waals surface area contributed by atoms with Crippen molar-refractivity contribution in [1.29, 1.82) is 5.26 Å². The van der Waals surface area contributed by atoms with Crippen molar-refractivity contribution in [3.05, 3.63) is 29.8 Å². The molecule has 2 rings (SSSR count). The molecule has 0 amide bonds.